The molecule has 1 amide bonds. The SMILES string of the molecule is COc1cc(/C=C/C(=O)O[C@@H](C)C(=O)N[C@@H]2CCCC[C@@H]2C)cc(Cl)c1OC. The predicted octanol–water partition coefficient (Wildman–Crippen LogP) is 4.00. The fourth-order valence-corrected chi connectivity index (χ4v) is 3.59. The molecule has 1 aromatic carbocycles. The molecule has 0 unspecified atom stereocenters. The lowest BCUT2D eigenvalue weighted by molar-refractivity contribution is -0.150. The Morgan fingerprint density at radius 3 is 2.57 bits per heavy atom. The summed E-state index contributed by atoms with van der Waals surface area (Å²) in [5, 5.41) is 3.36. The number of carbonyl (C=O) groups is 2. The van der Waals surface area contributed by atoms with Crippen LogP contribution in [0.4, 0.5) is 0 Å². The monoisotopic (exact) mass is 409 g/mol. The maximum absolute atomic E-state index is 12.3. The molecule has 1 aliphatic carbocycles. The van der Waals surface area contributed by atoms with E-state index in [0.717, 1.165) is 19.3 Å². The molecule has 7 heteroatoms. The highest BCUT2D eigenvalue weighted by Crippen LogP contribution is 2.36. The van der Waals surface area contributed by atoms with Gasteiger partial charge in [0.2, 0.25) is 0 Å². The zero-order valence-electron chi connectivity index (χ0n) is 16.8. The molecule has 154 valence electrons. The minimum atomic E-state index is -0.861. The van der Waals surface area contributed by atoms with Crippen molar-refractivity contribution in [2.45, 2.75) is 51.7 Å². The first-order valence-electron chi connectivity index (χ1n) is 9.46. The summed E-state index contributed by atoms with van der Waals surface area (Å²) in [6.07, 6.45) is 6.32. The van der Waals surface area contributed by atoms with Crippen molar-refractivity contribution in [3.63, 3.8) is 0 Å². The van der Waals surface area contributed by atoms with E-state index in [4.69, 9.17) is 25.8 Å². The number of nitrogens with one attached hydrogen (secondary N) is 1. The van der Waals surface area contributed by atoms with Gasteiger partial charge >= 0.3 is 5.97 Å². The van der Waals surface area contributed by atoms with Gasteiger partial charge in [0.05, 0.1) is 19.2 Å². The number of amides is 1. The van der Waals surface area contributed by atoms with E-state index in [-0.39, 0.29) is 11.9 Å². The van der Waals surface area contributed by atoms with Crippen LogP contribution < -0.4 is 14.8 Å². The molecule has 0 saturated heterocycles. The van der Waals surface area contributed by atoms with Crippen LogP contribution in [0.3, 0.4) is 0 Å². The van der Waals surface area contributed by atoms with Crippen LogP contribution in [-0.4, -0.2) is 38.2 Å². The second-order valence-electron chi connectivity index (χ2n) is 7.03. The summed E-state index contributed by atoms with van der Waals surface area (Å²) in [6, 6.07) is 3.48. The number of ether oxygens (including phenoxy) is 3. The Labute approximate surface area is 171 Å². The van der Waals surface area contributed by atoms with Gasteiger partial charge in [-0.25, -0.2) is 4.79 Å². The van der Waals surface area contributed by atoms with Crippen molar-refractivity contribution in [3.05, 3.63) is 28.8 Å². The normalized spacial score (nSPS) is 20.5. The van der Waals surface area contributed by atoms with Gasteiger partial charge in [0.15, 0.2) is 17.6 Å². The second kappa shape index (κ2) is 10.4. The first-order chi connectivity index (χ1) is 13.3. The summed E-state index contributed by atoms with van der Waals surface area (Å²) in [5.41, 5.74) is 0.646. The van der Waals surface area contributed by atoms with Crippen LogP contribution in [0, 0.1) is 5.92 Å². The number of methoxy groups -OCH3 is 2. The highest BCUT2D eigenvalue weighted by molar-refractivity contribution is 6.32. The molecule has 0 bridgehead atoms. The van der Waals surface area contributed by atoms with E-state index >= 15 is 0 Å². The third-order valence-corrected chi connectivity index (χ3v) is 5.25. The van der Waals surface area contributed by atoms with Crippen molar-refractivity contribution in [2.75, 3.05) is 14.2 Å². The second-order valence-corrected chi connectivity index (χ2v) is 7.43. The molecule has 1 aliphatic rings. The lowest BCUT2D eigenvalue weighted by atomic mass is 9.86. The van der Waals surface area contributed by atoms with Crippen molar-refractivity contribution in [1.29, 1.82) is 0 Å². The van der Waals surface area contributed by atoms with Crippen LogP contribution in [0.2, 0.25) is 5.02 Å². The molecular weight excluding hydrogens is 382 g/mol. The first kappa shape index (κ1) is 22.1. The van der Waals surface area contributed by atoms with E-state index < -0.39 is 12.1 Å². The molecule has 0 aromatic heterocycles. The Morgan fingerprint density at radius 1 is 1.21 bits per heavy atom. The van der Waals surface area contributed by atoms with Gasteiger partial charge in [-0.05, 0) is 49.5 Å². The molecule has 1 aromatic rings. The molecule has 0 aliphatic heterocycles. The van der Waals surface area contributed by atoms with Gasteiger partial charge in [-0.3, -0.25) is 4.79 Å². The van der Waals surface area contributed by atoms with Gasteiger partial charge in [0, 0.05) is 12.1 Å². The Morgan fingerprint density at radius 2 is 1.93 bits per heavy atom. The van der Waals surface area contributed by atoms with Crippen LogP contribution in [0.5, 0.6) is 11.5 Å². The van der Waals surface area contributed by atoms with E-state index in [1.54, 1.807) is 25.1 Å². The molecule has 28 heavy (non-hydrogen) atoms. The Kier molecular flexibility index (Phi) is 8.18. The van der Waals surface area contributed by atoms with E-state index in [9.17, 15) is 9.59 Å². The number of benzene rings is 1. The standard InChI is InChI=1S/C21H28ClNO5/c1-13-7-5-6-8-17(13)23-21(25)14(2)28-19(24)10-9-15-11-16(22)20(27-4)18(12-15)26-3/h9-14,17H,5-8H2,1-4H3,(H,23,25)/b10-9+/t13-,14-,17+/m0/s1. The molecule has 2 rings (SSSR count). The molecule has 0 radical (unpaired) electrons. The summed E-state index contributed by atoms with van der Waals surface area (Å²) >= 11 is 6.15. The van der Waals surface area contributed by atoms with Crippen molar-refractivity contribution in [2.24, 2.45) is 5.92 Å². The maximum atomic E-state index is 12.3. The van der Waals surface area contributed by atoms with Gasteiger partial charge in [-0.1, -0.05) is 31.4 Å². The van der Waals surface area contributed by atoms with Crippen LogP contribution in [0.1, 0.15) is 45.1 Å². The van der Waals surface area contributed by atoms with E-state index in [1.807, 2.05) is 0 Å². The average molecular weight is 410 g/mol. The number of hydrogen-bond acceptors (Lipinski definition) is 5. The summed E-state index contributed by atoms with van der Waals surface area (Å²) in [6.45, 7) is 3.71. The molecule has 1 fully saturated rings. The highest BCUT2D eigenvalue weighted by Gasteiger charge is 2.26. The quantitative estimate of drug-likeness (QED) is 0.544. The molecule has 0 spiro atoms. The van der Waals surface area contributed by atoms with Gasteiger partial charge in [-0.2, -0.15) is 0 Å². The molecule has 1 saturated carbocycles. The summed E-state index contributed by atoms with van der Waals surface area (Å²) in [7, 11) is 3.00. The summed E-state index contributed by atoms with van der Waals surface area (Å²) in [5.74, 6) is 0.443. The smallest absolute Gasteiger partial charge is 0.331 e. The van der Waals surface area contributed by atoms with Crippen LogP contribution in [0.25, 0.3) is 6.08 Å². The highest BCUT2D eigenvalue weighted by atomic mass is 35.5. The number of halogens is 1. The first-order valence-corrected chi connectivity index (χ1v) is 9.84. The Bertz CT molecular complexity index is 734. The van der Waals surface area contributed by atoms with Gasteiger partial charge in [0.1, 0.15) is 0 Å². The average Bonchev–Trinajstić information content (AvgIpc) is 2.67. The lowest BCUT2D eigenvalue weighted by Gasteiger charge is -2.30. The van der Waals surface area contributed by atoms with Crippen molar-refractivity contribution in [3.8, 4) is 11.5 Å². The van der Waals surface area contributed by atoms with Gasteiger partial charge in [-0.15, -0.1) is 0 Å². The Balaban J connectivity index is 1.93. The minimum Gasteiger partial charge on any atom is -0.493 e. The third kappa shape index (κ3) is 5.89. The zero-order valence-corrected chi connectivity index (χ0v) is 17.5. The topological polar surface area (TPSA) is 73.9 Å². The van der Waals surface area contributed by atoms with Crippen molar-refractivity contribution < 1.29 is 23.8 Å². The Hall–Kier alpha value is -2.21. The fraction of sp³-hybridized carbons (Fsp3) is 0.524. The van der Waals surface area contributed by atoms with E-state index in [1.165, 1.54) is 26.7 Å². The minimum absolute atomic E-state index is 0.145. The largest absolute Gasteiger partial charge is 0.493 e. The predicted molar refractivity (Wildman–Crippen MR) is 109 cm³/mol. The van der Waals surface area contributed by atoms with Crippen molar-refractivity contribution in [1.82, 2.24) is 5.32 Å². The lowest BCUT2D eigenvalue weighted by Crippen LogP contribution is -2.45. The maximum Gasteiger partial charge on any atom is 0.331 e. The van der Waals surface area contributed by atoms with Crippen LogP contribution in [0.15, 0.2) is 18.2 Å². The number of hydrogen-bond donors (Lipinski definition) is 1. The summed E-state index contributed by atoms with van der Waals surface area (Å²) < 4.78 is 15.6. The van der Waals surface area contributed by atoms with Crippen molar-refractivity contribution >= 4 is 29.6 Å². The molecule has 3 atom stereocenters. The van der Waals surface area contributed by atoms with E-state index in [0.29, 0.717) is 28.0 Å². The van der Waals surface area contributed by atoms with Gasteiger partial charge < -0.3 is 19.5 Å². The van der Waals surface area contributed by atoms with Gasteiger partial charge in [0.25, 0.3) is 5.91 Å². The molecule has 1 N–H and O–H groups in total. The number of rotatable bonds is 7. The molecule has 0 heterocycles. The number of carbonyl (C=O) groups excluding carboxylic acids is 2. The summed E-state index contributed by atoms with van der Waals surface area (Å²) in [4.78, 5) is 24.4. The fourth-order valence-electron chi connectivity index (χ4n) is 3.30. The molecular formula is C21H28ClNO5. The molecule has 6 nitrogen and oxygen atoms in total. The van der Waals surface area contributed by atoms with Crippen LogP contribution >= 0.6 is 11.6 Å². The number of esters is 1. The third-order valence-electron chi connectivity index (χ3n) is 4.97. The zero-order chi connectivity index (χ0) is 20.7. The van der Waals surface area contributed by atoms with Crippen LogP contribution in [-0.2, 0) is 14.3 Å². The van der Waals surface area contributed by atoms with E-state index in [2.05, 4.69) is 12.2 Å².